The van der Waals surface area contributed by atoms with E-state index < -0.39 is 0 Å². The zero-order chi connectivity index (χ0) is 7.84. The van der Waals surface area contributed by atoms with Crippen LogP contribution in [0.25, 0.3) is 0 Å². The van der Waals surface area contributed by atoms with Gasteiger partial charge in [0.1, 0.15) is 5.69 Å². The van der Waals surface area contributed by atoms with Crippen LogP contribution in [0.4, 0.5) is 0 Å². The Morgan fingerprint density at radius 3 is 3.27 bits per heavy atom. The van der Waals surface area contributed by atoms with Gasteiger partial charge in [0, 0.05) is 6.07 Å². The monoisotopic (exact) mass is 212 g/mol. The topological polar surface area (TPSA) is 31.2 Å². The third kappa shape index (κ3) is 1.18. The summed E-state index contributed by atoms with van der Waals surface area (Å²) in [5.74, 6) is 0. The van der Waals surface area contributed by atoms with Crippen LogP contribution in [0.3, 0.4) is 0 Å². The van der Waals surface area contributed by atoms with Gasteiger partial charge in [-0.1, -0.05) is 9.98 Å². The van der Waals surface area contributed by atoms with Crippen LogP contribution in [0, 0.1) is 13.1 Å². The van der Waals surface area contributed by atoms with E-state index in [9.17, 15) is 0 Å². The number of halogens is 1. The largest absolute Gasteiger partial charge is 0.433 e. The number of hydrogen-bond acceptors (Lipinski definition) is 2. The molecule has 2 rings (SSSR count). The van der Waals surface area contributed by atoms with Crippen molar-refractivity contribution in [3.63, 3.8) is 0 Å². The highest BCUT2D eigenvalue weighted by atomic mass is 79.9. The molecule has 0 N–H and O–H groups in total. The van der Waals surface area contributed by atoms with Crippen molar-refractivity contribution in [2.24, 2.45) is 4.99 Å². The summed E-state index contributed by atoms with van der Waals surface area (Å²) in [6, 6.07) is 1.96. The maximum Gasteiger partial charge on any atom is 0.433 e. The second kappa shape index (κ2) is 2.37. The third-order valence-electron chi connectivity index (χ3n) is 1.51. The first-order valence-electron chi connectivity index (χ1n) is 3.34. The maximum atomic E-state index is 4.24. The summed E-state index contributed by atoms with van der Waals surface area (Å²) in [4.78, 5) is 8.55. The van der Waals surface area contributed by atoms with Gasteiger partial charge in [-0.3, -0.25) is 0 Å². The van der Waals surface area contributed by atoms with Crippen molar-refractivity contribution < 1.29 is 4.24 Å². The molecule has 1 aliphatic heterocycles. The van der Waals surface area contributed by atoms with Crippen molar-refractivity contribution in [1.82, 2.24) is 4.98 Å². The van der Waals surface area contributed by atoms with Gasteiger partial charge in [0.25, 0.3) is 0 Å². The maximum absolute atomic E-state index is 4.24. The quantitative estimate of drug-likeness (QED) is 0.340. The molecule has 2 heterocycles. The van der Waals surface area contributed by atoms with Crippen LogP contribution >= 0.6 is 15.9 Å². The predicted octanol–water partition coefficient (Wildman–Crippen LogP) is 0.0416. The number of nitrogens with zero attached hydrogens (tertiary/aromatic N) is 3. The molecule has 0 bridgehead atoms. The molecule has 1 atom stereocenters. The molecule has 0 fully saturated rings. The lowest BCUT2D eigenvalue weighted by Gasteiger charge is -1.79. The van der Waals surface area contributed by atoms with Gasteiger partial charge in [0.05, 0.1) is 12.4 Å². The average molecular weight is 213 g/mol. The van der Waals surface area contributed by atoms with Gasteiger partial charge in [0.2, 0.25) is 4.95 Å². The molecular formula is C7H7BrN3+. The Labute approximate surface area is 72.3 Å². The number of fused-ring (bicyclic) bond motifs is 1. The summed E-state index contributed by atoms with van der Waals surface area (Å²) in [6.45, 7) is 1.96. The van der Waals surface area contributed by atoms with Crippen molar-refractivity contribution >= 4 is 15.9 Å². The van der Waals surface area contributed by atoms with Gasteiger partial charge in [-0.05, 0) is 22.9 Å². The lowest BCUT2D eigenvalue weighted by molar-refractivity contribution is -0.527. The van der Waals surface area contributed by atoms with Gasteiger partial charge in [-0.25, -0.2) is 4.24 Å². The van der Waals surface area contributed by atoms with E-state index in [2.05, 4.69) is 25.9 Å². The fourth-order valence-corrected chi connectivity index (χ4v) is 1.43. The highest BCUT2D eigenvalue weighted by Gasteiger charge is 2.13. The molecule has 0 amide bonds. The zero-order valence-electron chi connectivity index (χ0n) is 6.03. The first-order valence-corrected chi connectivity index (χ1v) is 4.26. The summed E-state index contributed by atoms with van der Waals surface area (Å²) < 4.78 is 1.91. The van der Waals surface area contributed by atoms with Crippen LogP contribution in [0.15, 0.2) is 17.3 Å². The molecule has 1 aromatic rings. The fraction of sp³-hybridized carbons (Fsp3) is 0.286. The zero-order valence-corrected chi connectivity index (χ0v) is 7.62. The molecule has 0 radical (unpaired) electrons. The molecule has 3 nitrogen and oxygen atoms in total. The summed E-state index contributed by atoms with van der Waals surface area (Å²) in [7, 11) is 0. The molecule has 1 aliphatic rings. The Morgan fingerprint density at radius 1 is 1.64 bits per heavy atom. The highest BCUT2D eigenvalue weighted by molar-refractivity contribution is 9.09. The molecule has 0 saturated heterocycles. The van der Waals surface area contributed by atoms with Gasteiger partial charge >= 0.3 is 5.62 Å². The van der Waals surface area contributed by atoms with Crippen LogP contribution in [0.5, 0.6) is 0 Å². The predicted molar refractivity (Wildman–Crippen MR) is 42.7 cm³/mol. The van der Waals surface area contributed by atoms with Crippen LogP contribution in [-0.2, 0) is 0 Å². The Kier molecular flexibility index (Phi) is 1.49. The number of aryl methyl sites for hydroxylation is 1. The van der Waals surface area contributed by atoms with E-state index in [0.717, 1.165) is 11.3 Å². The van der Waals surface area contributed by atoms with Crippen LogP contribution in [0.2, 0.25) is 0 Å². The molecule has 0 aromatic carbocycles. The molecule has 0 saturated carbocycles. The number of alkyl halides is 1. The molecule has 0 spiro atoms. The van der Waals surface area contributed by atoms with Crippen molar-refractivity contribution in [1.29, 1.82) is 0 Å². The number of rotatable bonds is 0. The first-order chi connectivity index (χ1) is 5.25. The van der Waals surface area contributed by atoms with E-state index in [1.165, 1.54) is 0 Å². The summed E-state index contributed by atoms with van der Waals surface area (Å²) >= 11 is 3.36. The van der Waals surface area contributed by atoms with E-state index >= 15 is 0 Å². The molecule has 1 aromatic heterocycles. The SMILES string of the molecule is Cc1cc[n+]2c(n1)=NC(Br)C=2. The average Bonchev–Trinajstić information content (AvgIpc) is 2.27. The Bertz CT molecular complexity index is 399. The van der Waals surface area contributed by atoms with E-state index in [4.69, 9.17) is 0 Å². The molecule has 0 aliphatic carbocycles. The Morgan fingerprint density at radius 2 is 2.45 bits per heavy atom. The Hall–Kier alpha value is -0.770. The van der Waals surface area contributed by atoms with Crippen LogP contribution < -0.4 is 9.86 Å². The molecule has 11 heavy (non-hydrogen) atoms. The fourth-order valence-electron chi connectivity index (χ4n) is 0.996. The number of aromatic nitrogens is 2. The summed E-state index contributed by atoms with van der Waals surface area (Å²) in [5.41, 5.74) is 1.77. The standard InChI is InChI=1S/C7H7BrN3/c1-5-2-3-11-4-6(8)10-7(11)9-5/h2-4,6H,1H3/q+1. The van der Waals surface area contributed by atoms with Crippen LogP contribution in [-0.4, -0.2) is 9.94 Å². The molecular weight excluding hydrogens is 206 g/mol. The van der Waals surface area contributed by atoms with Crippen molar-refractivity contribution in [3.8, 4) is 0 Å². The van der Waals surface area contributed by atoms with Gasteiger partial charge < -0.3 is 0 Å². The van der Waals surface area contributed by atoms with E-state index in [1.54, 1.807) is 0 Å². The highest BCUT2D eigenvalue weighted by Crippen LogP contribution is 1.99. The Balaban J connectivity index is 2.78. The number of hydrogen-bond donors (Lipinski definition) is 0. The second-order valence-electron chi connectivity index (χ2n) is 2.43. The van der Waals surface area contributed by atoms with E-state index in [1.807, 2.05) is 29.6 Å². The summed E-state index contributed by atoms with van der Waals surface area (Å²) in [6.07, 6.45) is 3.92. The minimum Gasteiger partial charge on any atom is -0.205 e. The minimum absolute atomic E-state index is 0.0804. The lowest BCUT2D eigenvalue weighted by Crippen LogP contribution is -2.36. The van der Waals surface area contributed by atoms with E-state index in [0.29, 0.717) is 0 Å². The minimum atomic E-state index is 0.0804. The van der Waals surface area contributed by atoms with Gasteiger partial charge in [0.15, 0.2) is 0 Å². The lowest BCUT2D eigenvalue weighted by atomic mass is 10.5. The second-order valence-corrected chi connectivity index (χ2v) is 3.37. The third-order valence-corrected chi connectivity index (χ3v) is 1.95. The molecule has 1 unspecified atom stereocenters. The summed E-state index contributed by atoms with van der Waals surface area (Å²) in [5, 5.41) is 0. The van der Waals surface area contributed by atoms with Crippen molar-refractivity contribution in [3.05, 3.63) is 29.8 Å². The van der Waals surface area contributed by atoms with Gasteiger partial charge in [-0.2, -0.15) is 0 Å². The molecule has 56 valence electrons. The normalized spacial score (nSPS) is 20.4. The smallest absolute Gasteiger partial charge is 0.205 e. The van der Waals surface area contributed by atoms with Crippen molar-refractivity contribution in [2.75, 3.05) is 0 Å². The van der Waals surface area contributed by atoms with Crippen molar-refractivity contribution in [2.45, 2.75) is 11.9 Å². The van der Waals surface area contributed by atoms with E-state index in [-0.39, 0.29) is 4.95 Å². The van der Waals surface area contributed by atoms with Gasteiger partial charge in [-0.15, -0.1) is 0 Å². The first kappa shape index (κ1) is 6.91. The van der Waals surface area contributed by atoms with Crippen LogP contribution in [0.1, 0.15) is 5.69 Å². The molecule has 4 heteroatoms.